The maximum Gasteiger partial charge on any atom is 0.275 e. The van der Waals surface area contributed by atoms with Gasteiger partial charge in [0, 0.05) is 23.7 Å². The molecule has 0 amide bonds. The van der Waals surface area contributed by atoms with Crippen molar-refractivity contribution in [2.24, 2.45) is 0 Å². The van der Waals surface area contributed by atoms with Gasteiger partial charge < -0.3 is 5.11 Å². The maximum absolute atomic E-state index is 13.6. The van der Waals surface area contributed by atoms with Crippen LogP contribution in [-0.4, -0.2) is 24.0 Å². The fourth-order valence-electron chi connectivity index (χ4n) is 4.07. The molecule has 7 nitrogen and oxygen atoms in total. The summed E-state index contributed by atoms with van der Waals surface area (Å²) in [7, 11) is 0. The van der Waals surface area contributed by atoms with E-state index in [1.165, 1.54) is 25.2 Å². The molecule has 9 heteroatoms. The van der Waals surface area contributed by atoms with Crippen molar-refractivity contribution in [1.82, 2.24) is 18.9 Å². The quantitative estimate of drug-likeness (QED) is 0.416. The lowest BCUT2D eigenvalue weighted by atomic mass is 9.91. The Morgan fingerprint density at radius 2 is 1.69 bits per heavy atom. The number of aromatic nitrogens is 4. The monoisotopic (exact) mass is 468 g/mol. The largest absolute Gasteiger partial charge is 0.494 e. The molecule has 2 N–H and O–H groups in total. The minimum absolute atomic E-state index is 0.157. The third-order valence-electron chi connectivity index (χ3n) is 5.60. The summed E-state index contributed by atoms with van der Waals surface area (Å²) in [6.07, 6.45) is 0. The van der Waals surface area contributed by atoms with Crippen LogP contribution >= 0.6 is 23.6 Å². The first-order valence-electron chi connectivity index (χ1n) is 10.4. The number of para-hydroxylation sites is 1. The first-order valence-corrected chi connectivity index (χ1v) is 11.7. The van der Waals surface area contributed by atoms with E-state index in [0.717, 1.165) is 4.88 Å². The van der Waals surface area contributed by atoms with Crippen LogP contribution in [0.25, 0.3) is 5.69 Å². The summed E-state index contributed by atoms with van der Waals surface area (Å²) >= 11 is 6.88. The standard InChI is InChI=1S/C23H24N4O3S2/c1-4-25-20(28)19(21(29)26(5-2)23(25)31)18(16-12-9-13-32-16)17-14(3)24-27(22(17)30)15-10-7-6-8-11-15/h6-13,18,24,28H,4-5H2,1-3H3. The summed E-state index contributed by atoms with van der Waals surface area (Å²) in [5.41, 5.74) is 1.25. The fraction of sp³-hybridized carbons (Fsp3) is 0.261. The Hall–Kier alpha value is -3.17. The van der Waals surface area contributed by atoms with Gasteiger partial charge >= 0.3 is 0 Å². The second-order valence-corrected chi connectivity index (χ2v) is 8.73. The number of nitrogens with zero attached hydrogens (tertiary/aromatic N) is 3. The molecular weight excluding hydrogens is 444 g/mol. The SMILES string of the molecule is CCn1c(O)c(C(c2cccs2)c2c(C)[nH]n(-c3ccccc3)c2=O)c(=O)n(CC)c1=S. The lowest BCUT2D eigenvalue weighted by molar-refractivity contribution is 0.391. The molecule has 0 saturated heterocycles. The Bertz CT molecular complexity index is 1430. The molecule has 1 aromatic carbocycles. The average molecular weight is 469 g/mol. The number of H-pyrrole nitrogens is 1. The van der Waals surface area contributed by atoms with Gasteiger partial charge in [0.05, 0.1) is 22.7 Å². The van der Waals surface area contributed by atoms with E-state index in [-0.39, 0.29) is 27.3 Å². The molecular formula is C23H24N4O3S2. The van der Waals surface area contributed by atoms with Crippen molar-refractivity contribution >= 4 is 23.6 Å². The Balaban J connectivity index is 2.08. The molecule has 0 aliphatic rings. The normalized spacial score (nSPS) is 12.2. The number of aryl methyl sites for hydroxylation is 1. The first kappa shape index (κ1) is 22.0. The van der Waals surface area contributed by atoms with Gasteiger partial charge in [0.1, 0.15) is 0 Å². The predicted molar refractivity (Wildman–Crippen MR) is 129 cm³/mol. The molecule has 1 unspecified atom stereocenters. The average Bonchev–Trinajstić information content (AvgIpc) is 3.41. The van der Waals surface area contributed by atoms with Crippen LogP contribution in [0.3, 0.4) is 0 Å². The van der Waals surface area contributed by atoms with Crippen molar-refractivity contribution in [1.29, 1.82) is 0 Å². The lowest BCUT2D eigenvalue weighted by Crippen LogP contribution is -2.31. The fourth-order valence-corrected chi connectivity index (χ4v) is 5.34. The second kappa shape index (κ2) is 8.76. The van der Waals surface area contributed by atoms with E-state index in [1.54, 1.807) is 0 Å². The van der Waals surface area contributed by atoms with E-state index in [0.29, 0.717) is 30.0 Å². The molecule has 0 aliphatic heterocycles. The predicted octanol–water partition coefficient (Wildman–Crippen LogP) is 4.15. The van der Waals surface area contributed by atoms with E-state index < -0.39 is 5.92 Å². The van der Waals surface area contributed by atoms with Gasteiger partial charge in [0.15, 0.2) is 4.77 Å². The Kier molecular flexibility index (Phi) is 6.03. The van der Waals surface area contributed by atoms with Gasteiger partial charge in [0.25, 0.3) is 11.1 Å². The Morgan fingerprint density at radius 3 is 2.28 bits per heavy atom. The molecule has 0 bridgehead atoms. The van der Waals surface area contributed by atoms with Gasteiger partial charge in [-0.3, -0.25) is 23.8 Å². The van der Waals surface area contributed by atoms with Gasteiger partial charge in [-0.2, -0.15) is 0 Å². The lowest BCUT2D eigenvalue weighted by Gasteiger charge is -2.21. The highest BCUT2D eigenvalue weighted by Crippen LogP contribution is 2.37. The molecule has 0 saturated carbocycles. The van der Waals surface area contributed by atoms with Gasteiger partial charge in [-0.15, -0.1) is 11.3 Å². The Morgan fingerprint density at radius 1 is 1.00 bits per heavy atom. The van der Waals surface area contributed by atoms with Gasteiger partial charge in [0.2, 0.25) is 5.88 Å². The number of hydrogen-bond donors (Lipinski definition) is 2. The molecule has 32 heavy (non-hydrogen) atoms. The number of aromatic hydroxyl groups is 1. The molecule has 0 fully saturated rings. The topological polar surface area (TPSA) is 85.0 Å². The third-order valence-corrected chi connectivity index (χ3v) is 6.98. The third kappa shape index (κ3) is 3.47. The van der Waals surface area contributed by atoms with Gasteiger partial charge in [-0.1, -0.05) is 24.3 Å². The summed E-state index contributed by atoms with van der Waals surface area (Å²) in [6, 6.07) is 13.0. The number of rotatable bonds is 6. The van der Waals surface area contributed by atoms with Crippen molar-refractivity contribution in [3.63, 3.8) is 0 Å². The van der Waals surface area contributed by atoms with Crippen LogP contribution in [0.4, 0.5) is 0 Å². The molecule has 3 heterocycles. The van der Waals surface area contributed by atoms with E-state index in [1.807, 2.05) is 68.6 Å². The van der Waals surface area contributed by atoms with Crippen LogP contribution < -0.4 is 11.1 Å². The molecule has 3 aromatic heterocycles. The van der Waals surface area contributed by atoms with Crippen LogP contribution in [0.2, 0.25) is 0 Å². The van der Waals surface area contributed by atoms with E-state index in [9.17, 15) is 14.7 Å². The molecule has 0 radical (unpaired) electrons. The maximum atomic E-state index is 13.6. The van der Waals surface area contributed by atoms with E-state index in [2.05, 4.69) is 5.10 Å². The molecule has 4 rings (SSSR count). The number of nitrogens with one attached hydrogen (secondary N) is 1. The van der Waals surface area contributed by atoms with Crippen molar-refractivity contribution in [3.8, 4) is 11.6 Å². The van der Waals surface area contributed by atoms with Crippen molar-refractivity contribution in [3.05, 3.63) is 95.0 Å². The number of benzene rings is 1. The molecule has 166 valence electrons. The van der Waals surface area contributed by atoms with Gasteiger partial charge in [-0.05, 0) is 56.6 Å². The number of hydrogen-bond acceptors (Lipinski definition) is 5. The van der Waals surface area contributed by atoms with E-state index >= 15 is 0 Å². The second-order valence-electron chi connectivity index (χ2n) is 7.39. The molecule has 0 aliphatic carbocycles. The highest BCUT2D eigenvalue weighted by atomic mass is 32.1. The van der Waals surface area contributed by atoms with Crippen LogP contribution in [0, 0.1) is 11.7 Å². The van der Waals surface area contributed by atoms with Crippen molar-refractivity contribution in [2.75, 3.05) is 0 Å². The number of aromatic amines is 1. The van der Waals surface area contributed by atoms with Crippen molar-refractivity contribution < 1.29 is 5.11 Å². The first-order chi connectivity index (χ1) is 15.4. The van der Waals surface area contributed by atoms with Gasteiger partial charge in [-0.25, -0.2) is 4.68 Å². The summed E-state index contributed by atoms with van der Waals surface area (Å²) in [5, 5.41) is 16.2. The van der Waals surface area contributed by atoms with Crippen molar-refractivity contribution in [2.45, 2.75) is 39.8 Å². The van der Waals surface area contributed by atoms with E-state index in [4.69, 9.17) is 12.2 Å². The summed E-state index contributed by atoms with van der Waals surface area (Å²) in [5.74, 6) is -0.931. The smallest absolute Gasteiger partial charge is 0.275 e. The van der Waals surface area contributed by atoms with Crippen LogP contribution in [0.1, 0.15) is 41.5 Å². The van der Waals surface area contributed by atoms with Crippen LogP contribution in [-0.2, 0) is 13.1 Å². The number of thiophene rings is 1. The summed E-state index contributed by atoms with van der Waals surface area (Å²) in [6.45, 7) is 6.26. The molecule has 4 aromatic rings. The van der Waals surface area contributed by atoms with Crippen LogP contribution in [0.15, 0.2) is 57.4 Å². The minimum Gasteiger partial charge on any atom is -0.494 e. The Labute approximate surface area is 193 Å². The molecule has 0 spiro atoms. The zero-order valence-electron chi connectivity index (χ0n) is 18.0. The minimum atomic E-state index is -0.734. The summed E-state index contributed by atoms with van der Waals surface area (Å²) < 4.78 is 4.73. The molecule has 1 atom stereocenters. The van der Waals surface area contributed by atoms with Crippen LogP contribution in [0.5, 0.6) is 5.88 Å². The highest BCUT2D eigenvalue weighted by molar-refractivity contribution is 7.71. The zero-order valence-corrected chi connectivity index (χ0v) is 19.7. The summed E-state index contributed by atoms with van der Waals surface area (Å²) in [4.78, 5) is 27.9. The zero-order chi connectivity index (χ0) is 23.0. The highest BCUT2D eigenvalue weighted by Gasteiger charge is 2.32.